The molecule has 0 aliphatic carbocycles. The van der Waals surface area contributed by atoms with E-state index < -0.39 is 6.10 Å². The van der Waals surface area contributed by atoms with E-state index in [-0.39, 0.29) is 5.92 Å². The maximum atomic E-state index is 10.7. The number of benzene rings is 1. The van der Waals surface area contributed by atoms with Crippen LogP contribution >= 0.6 is 0 Å². The average Bonchev–Trinajstić information content (AvgIpc) is 3.38. The zero-order valence-electron chi connectivity index (χ0n) is 18.1. The fourth-order valence-electron chi connectivity index (χ4n) is 4.63. The topological polar surface area (TPSA) is 77.6 Å². The number of piperidine rings is 1. The van der Waals surface area contributed by atoms with Crippen molar-refractivity contribution in [2.75, 3.05) is 26.3 Å². The van der Waals surface area contributed by atoms with Crippen molar-refractivity contribution in [1.29, 1.82) is 0 Å². The Kier molecular flexibility index (Phi) is 5.41. The van der Waals surface area contributed by atoms with Gasteiger partial charge in [-0.15, -0.1) is 0 Å². The number of aryl methyl sites for hydroxylation is 2. The van der Waals surface area contributed by atoms with Crippen LogP contribution in [-0.4, -0.2) is 55.6 Å². The largest absolute Gasteiger partial charge is 0.486 e. The van der Waals surface area contributed by atoms with Crippen LogP contribution in [0.2, 0.25) is 0 Å². The van der Waals surface area contributed by atoms with E-state index in [2.05, 4.69) is 22.1 Å². The van der Waals surface area contributed by atoms with E-state index in [9.17, 15) is 5.11 Å². The second kappa shape index (κ2) is 8.36. The highest BCUT2D eigenvalue weighted by molar-refractivity contribution is 5.66. The van der Waals surface area contributed by atoms with Crippen LogP contribution in [0.25, 0.3) is 11.3 Å². The van der Waals surface area contributed by atoms with Crippen LogP contribution in [0, 0.1) is 5.92 Å². The van der Waals surface area contributed by atoms with Crippen molar-refractivity contribution >= 4 is 0 Å². The van der Waals surface area contributed by atoms with E-state index in [4.69, 9.17) is 14.6 Å². The number of imidazole rings is 1. The van der Waals surface area contributed by atoms with Crippen molar-refractivity contribution in [2.24, 2.45) is 20.0 Å². The van der Waals surface area contributed by atoms with Gasteiger partial charge in [0, 0.05) is 50.4 Å². The molecule has 0 spiro atoms. The lowest BCUT2D eigenvalue weighted by Gasteiger charge is -2.34. The average molecular weight is 424 g/mol. The third-order valence-corrected chi connectivity index (χ3v) is 6.32. The maximum absolute atomic E-state index is 10.7. The van der Waals surface area contributed by atoms with Gasteiger partial charge in [-0.1, -0.05) is 0 Å². The van der Waals surface area contributed by atoms with Gasteiger partial charge in [-0.3, -0.25) is 9.58 Å². The Hall–Kier alpha value is -2.84. The van der Waals surface area contributed by atoms with Crippen LogP contribution < -0.4 is 9.47 Å². The molecule has 1 saturated heterocycles. The van der Waals surface area contributed by atoms with E-state index in [0.717, 1.165) is 61.1 Å². The van der Waals surface area contributed by atoms with Gasteiger partial charge in [0.05, 0.1) is 5.69 Å². The Bertz CT molecular complexity index is 1050. The number of rotatable bonds is 5. The van der Waals surface area contributed by atoms with Crippen molar-refractivity contribution in [2.45, 2.75) is 25.5 Å². The van der Waals surface area contributed by atoms with Gasteiger partial charge in [0.1, 0.15) is 25.1 Å². The molecular weight excluding hydrogens is 394 g/mol. The summed E-state index contributed by atoms with van der Waals surface area (Å²) in [5.74, 6) is 2.57. The smallest absolute Gasteiger partial charge is 0.162 e. The third-order valence-electron chi connectivity index (χ3n) is 6.32. The predicted octanol–water partition coefficient (Wildman–Crippen LogP) is 2.54. The summed E-state index contributed by atoms with van der Waals surface area (Å²) < 4.78 is 15.2. The van der Waals surface area contributed by atoms with Crippen LogP contribution in [0.1, 0.15) is 30.3 Å². The van der Waals surface area contributed by atoms with Gasteiger partial charge in [-0.25, -0.2) is 4.98 Å². The van der Waals surface area contributed by atoms with Crippen LogP contribution in [0.15, 0.2) is 36.8 Å². The van der Waals surface area contributed by atoms with Crippen molar-refractivity contribution < 1.29 is 14.6 Å². The van der Waals surface area contributed by atoms with E-state index in [0.29, 0.717) is 13.2 Å². The summed E-state index contributed by atoms with van der Waals surface area (Å²) in [7, 11) is 3.89. The molecule has 5 rings (SSSR count). The van der Waals surface area contributed by atoms with Gasteiger partial charge in [0.15, 0.2) is 11.5 Å². The monoisotopic (exact) mass is 423 g/mol. The fraction of sp³-hybridized carbons (Fsp3) is 0.478. The minimum Gasteiger partial charge on any atom is -0.486 e. The van der Waals surface area contributed by atoms with Crippen molar-refractivity contribution in [3.63, 3.8) is 0 Å². The summed E-state index contributed by atoms with van der Waals surface area (Å²) in [6, 6.07) is 6.04. The van der Waals surface area contributed by atoms with Gasteiger partial charge >= 0.3 is 0 Å². The number of ether oxygens (including phenoxy) is 2. The molecule has 0 bridgehead atoms. The number of fused-ring (bicyclic) bond motifs is 1. The fourth-order valence-corrected chi connectivity index (χ4v) is 4.63. The summed E-state index contributed by atoms with van der Waals surface area (Å²) >= 11 is 0. The molecule has 2 aliphatic heterocycles. The Morgan fingerprint density at radius 2 is 1.90 bits per heavy atom. The van der Waals surface area contributed by atoms with Crippen molar-refractivity contribution in [3.8, 4) is 22.8 Å². The quantitative estimate of drug-likeness (QED) is 0.680. The van der Waals surface area contributed by atoms with E-state index in [1.807, 2.05) is 41.7 Å². The molecule has 4 heterocycles. The molecular formula is C23H29N5O3. The molecule has 2 aromatic heterocycles. The molecule has 1 aromatic carbocycles. The first-order chi connectivity index (χ1) is 15.1. The Morgan fingerprint density at radius 3 is 2.65 bits per heavy atom. The van der Waals surface area contributed by atoms with Gasteiger partial charge in [-0.05, 0) is 50.0 Å². The predicted molar refractivity (Wildman–Crippen MR) is 116 cm³/mol. The Morgan fingerprint density at radius 1 is 1.13 bits per heavy atom. The van der Waals surface area contributed by atoms with Crippen LogP contribution in [-0.2, 0) is 20.6 Å². The molecule has 31 heavy (non-hydrogen) atoms. The lowest BCUT2D eigenvalue weighted by molar-refractivity contribution is 0.0492. The van der Waals surface area contributed by atoms with Gasteiger partial charge < -0.3 is 19.1 Å². The van der Waals surface area contributed by atoms with Crippen LogP contribution in [0.3, 0.4) is 0 Å². The highest BCUT2D eigenvalue weighted by Crippen LogP contribution is 2.36. The Labute approximate surface area is 182 Å². The van der Waals surface area contributed by atoms with Gasteiger partial charge in [-0.2, -0.15) is 5.10 Å². The van der Waals surface area contributed by atoms with E-state index >= 15 is 0 Å². The highest BCUT2D eigenvalue weighted by atomic mass is 16.6. The third kappa shape index (κ3) is 4.05. The molecule has 0 amide bonds. The molecule has 8 nitrogen and oxygen atoms in total. The first-order valence-electron chi connectivity index (χ1n) is 10.9. The zero-order chi connectivity index (χ0) is 21.4. The maximum Gasteiger partial charge on any atom is 0.162 e. The molecule has 0 radical (unpaired) electrons. The summed E-state index contributed by atoms with van der Waals surface area (Å²) in [4.78, 5) is 6.77. The number of hydrogen-bond donors (Lipinski definition) is 1. The van der Waals surface area contributed by atoms with Crippen molar-refractivity contribution in [1.82, 2.24) is 24.2 Å². The number of aliphatic hydroxyl groups excluding tert-OH is 1. The van der Waals surface area contributed by atoms with Crippen LogP contribution in [0.4, 0.5) is 0 Å². The number of likely N-dealkylation sites (tertiary alicyclic amines) is 1. The molecule has 2 aliphatic rings. The molecule has 8 heteroatoms. The molecule has 3 aromatic rings. The number of hydrogen-bond acceptors (Lipinski definition) is 6. The number of aliphatic hydroxyl groups is 1. The van der Waals surface area contributed by atoms with Crippen molar-refractivity contribution in [3.05, 3.63) is 48.2 Å². The normalized spacial score (nSPS) is 18.3. The summed E-state index contributed by atoms with van der Waals surface area (Å²) in [5.41, 5.74) is 3.22. The zero-order valence-corrected chi connectivity index (χ0v) is 18.1. The lowest BCUT2D eigenvalue weighted by atomic mass is 9.90. The van der Waals surface area contributed by atoms with Crippen LogP contribution in [0.5, 0.6) is 11.5 Å². The first kappa shape index (κ1) is 20.1. The first-order valence-corrected chi connectivity index (χ1v) is 10.9. The highest BCUT2D eigenvalue weighted by Gasteiger charge is 2.29. The summed E-state index contributed by atoms with van der Waals surface area (Å²) in [5, 5.41) is 15.5. The number of nitrogens with zero attached hydrogens (tertiary/aromatic N) is 5. The molecule has 1 fully saturated rings. The molecule has 164 valence electrons. The minimum absolute atomic E-state index is 0.239. The Balaban J connectivity index is 1.27. The van der Waals surface area contributed by atoms with E-state index in [1.54, 1.807) is 6.20 Å². The standard InChI is InChI=1S/C23H29N5O3/c1-26-10-7-24-23(26)22(29)16-5-8-28(9-6-16)15-18-14-27(2)25-21(18)17-3-4-19-20(13-17)31-12-11-30-19/h3-4,7,10,13-14,16,22,29H,5-6,8-9,11-12,15H2,1-2H3/t22-/m0/s1. The number of aromatic nitrogens is 4. The second-order valence-electron chi connectivity index (χ2n) is 8.49. The summed E-state index contributed by atoms with van der Waals surface area (Å²) in [6.45, 7) is 3.89. The SMILES string of the molecule is Cn1cc(CN2CCC([C@H](O)c3nccn3C)CC2)c(-c2ccc3c(c2)OCCO3)n1. The molecule has 1 atom stereocenters. The van der Waals surface area contributed by atoms with Gasteiger partial charge in [0.25, 0.3) is 0 Å². The second-order valence-corrected chi connectivity index (χ2v) is 8.49. The molecule has 0 saturated carbocycles. The lowest BCUT2D eigenvalue weighted by Crippen LogP contribution is -2.35. The van der Waals surface area contributed by atoms with Gasteiger partial charge in [0.2, 0.25) is 0 Å². The molecule has 1 N–H and O–H groups in total. The molecule has 0 unspecified atom stereocenters. The minimum atomic E-state index is -0.506. The summed E-state index contributed by atoms with van der Waals surface area (Å²) in [6.07, 6.45) is 7.13. The van der Waals surface area contributed by atoms with E-state index in [1.165, 1.54) is 5.56 Å².